The van der Waals surface area contributed by atoms with Crippen molar-refractivity contribution >= 4 is 33.0 Å². The van der Waals surface area contributed by atoms with E-state index < -0.39 is 15.8 Å². The first-order valence-corrected chi connectivity index (χ1v) is 10.8. The SMILES string of the molecule is Cc1ccc(F)cc1NC(=O)Cc1ccc(S(=O)(=O)N2CCCCC2)s1. The highest BCUT2D eigenvalue weighted by Crippen LogP contribution is 2.27. The summed E-state index contributed by atoms with van der Waals surface area (Å²) >= 11 is 1.12. The number of sulfonamides is 1. The van der Waals surface area contributed by atoms with Gasteiger partial charge in [-0.2, -0.15) is 4.31 Å². The number of benzene rings is 1. The number of piperidine rings is 1. The highest BCUT2D eigenvalue weighted by molar-refractivity contribution is 7.91. The molecule has 0 radical (unpaired) electrons. The number of nitrogens with zero attached hydrogens (tertiary/aromatic N) is 1. The Kier molecular flexibility index (Phi) is 5.74. The minimum atomic E-state index is -3.48. The molecule has 26 heavy (non-hydrogen) atoms. The summed E-state index contributed by atoms with van der Waals surface area (Å²) < 4.78 is 40.4. The van der Waals surface area contributed by atoms with E-state index in [-0.39, 0.29) is 16.5 Å². The van der Waals surface area contributed by atoms with Gasteiger partial charge in [0, 0.05) is 23.7 Å². The smallest absolute Gasteiger partial charge is 0.252 e. The van der Waals surface area contributed by atoms with Crippen LogP contribution in [0.1, 0.15) is 29.7 Å². The summed E-state index contributed by atoms with van der Waals surface area (Å²) in [7, 11) is -3.48. The summed E-state index contributed by atoms with van der Waals surface area (Å²) in [6.45, 7) is 2.88. The van der Waals surface area contributed by atoms with E-state index in [4.69, 9.17) is 0 Å². The highest BCUT2D eigenvalue weighted by Gasteiger charge is 2.27. The fourth-order valence-electron chi connectivity index (χ4n) is 2.91. The Balaban J connectivity index is 1.68. The zero-order valence-corrected chi connectivity index (χ0v) is 16.1. The van der Waals surface area contributed by atoms with Crippen molar-refractivity contribution in [3.05, 3.63) is 46.6 Å². The van der Waals surface area contributed by atoms with E-state index >= 15 is 0 Å². The third-order valence-electron chi connectivity index (χ3n) is 4.35. The van der Waals surface area contributed by atoms with Crippen LogP contribution in [0, 0.1) is 12.7 Å². The molecule has 1 amide bonds. The Morgan fingerprint density at radius 1 is 1.19 bits per heavy atom. The lowest BCUT2D eigenvalue weighted by atomic mass is 10.2. The molecule has 5 nitrogen and oxygen atoms in total. The van der Waals surface area contributed by atoms with Crippen LogP contribution in [-0.4, -0.2) is 31.7 Å². The van der Waals surface area contributed by atoms with Crippen molar-refractivity contribution in [2.75, 3.05) is 18.4 Å². The normalized spacial score (nSPS) is 15.8. The molecule has 1 aromatic heterocycles. The van der Waals surface area contributed by atoms with E-state index in [1.165, 1.54) is 16.4 Å². The summed E-state index contributed by atoms with van der Waals surface area (Å²) in [4.78, 5) is 12.9. The summed E-state index contributed by atoms with van der Waals surface area (Å²) in [5, 5.41) is 2.68. The summed E-state index contributed by atoms with van der Waals surface area (Å²) in [5.74, 6) is -0.723. The molecule has 0 aliphatic carbocycles. The van der Waals surface area contributed by atoms with E-state index in [0.717, 1.165) is 36.2 Å². The molecule has 140 valence electrons. The summed E-state index contributed by atoms with van der Waals surface area (Å²) in [5.41, 5.74) is 1.19. The van der Waals surface area contributed by atoms with Gasteiger partial charge in [-0.3, -0.25) is 4.79 Å². The van der Waals surface area contributed by atoms with E-state index in [1.54, 1.807) is 25.1 Å². The molecule has 1 aromatic carbocycles. The standard InChI is InChI=1S/C18H21FN2O3S2/c1-13-5-6-14(19)11-16(13)20-17(22)12-15-7-8-18(25-15)26(23,24)21-9-3-2-4-10-21/h5-8,11H,2-4,9-10,12H2,1H3,(H,20,22). The lowest BCUT2D eigenvalue weighted by Gasteiger charge is -2.25. The van der Waals surface area contributed by atoms with E-state index in [9.17, 15) is 17.6 Å². The molecular weight excluding hydrogens is 375 g/mol. The van der Waals surface area contributed by atoms with Gasteiger partial charge in [-0.15, -0.1) is 11.3 Å². The maximum absolute atomic E-state index is 13.3. The van der Waals surface area contributed by atoms with Gasteiger partial charge >= 0.3 is 0 Å². The molecule has 0 spiro atoms. The van der Waals surface area contributed by atoms with Crippen LogP contribution in [-0.2, 0) is 21.2 Å². The number of anilines is 1. The fraction of sp³-hybridized carbons (Fsp3) is 0.389. The van der Waals surface area contributed by atoms with Gasteiger partial charge in [0.1, 0.15) is 10.0 Å². The van der Waals surface area contributed by atoms with Crippen molar-refractivity contribution in [2.45, 2.75) is 36.8 Å². The van der Waals surface area contributed by atoms with Gasteiger partial charge in [-0.25, -0.2) is 12.8 Å². The third-order valence-corrected chi connectivity index (χ3v) is 7.81. The maximum Gasteiger partial charge on any atom is 0.252 e. The maximum atomic E-state index is 13.3. The van der Waals surface area contributed by atoms with Crippen LogP contribution in [0.25, 0.3) is 0 Å². The van der Waals surface area contributed by atoms with Crippen LogP contribution in [0.4, 0.5) is 10.1 Å². The molecule has 0 saturated carbocycles. The lowest BCUT2D eigenvalue weighted by molar-refractivity contribution is -0.115. The van der Waals surface area contributed by atoms with E-state index in [2.05, 4.69) is 5.32 Å². The molecule has 1 N–H and O–H groups in total. The van der Waals surface area contributed by atoms with Crippen molar-refractivity contribution in [1.82, 2.24) is 4.31 Å². The molecule has 8 heteroatoms. The topological polar surface area (TPSA) is 66.5 Å². The minimum absolute atomic E-state index is 0.0517. The quantitative estimate of drug-likeness (QED) is 0.840. The first-order valence-electron chi connectivity index (χ1n) is 8.51. The molecule has 2 heterocycles. The molecule has 2 aromatic rings. The molecule has 0 unspecified atom stereocenters. The number of aryl methyl sites for hydroxylation is 1. The Bertz CT molecular complexity index is 903. The zero-order chi connectivity index (χ0) is 18.7. The third kappa shape index (κ3) is 4.31. The molecule has 1 saturated heterocycles. The number of nitrogens with one attached hydrogen (secondary N) is 1. The number of hydrogen-bond acceptors (Lipinski definition) is 4. The lowest BCUT2D eigenvalue weighted by Crippen LogP contribution is -2.35. The monoisotopic (exact) mass is 396 g/mol. The van der Waals surface area contributed by atoms with Crippen LogP contribution < -0.4 is 5.32 Å². The van der Waals surface area contributed by atoms with Crippen LogP contribution in [0.5, 0.6) is 0 Å². The predicted octanol–water partition coefficient (Wildman–Crippen LogP) is 3.55. The van der Waals surface area contributed by atoms with Gasteiger partial charge in [-0.05, 0) is 49.6 Å². The van der Waals surface area contributed by atoms with Gasteiger partial charge in [0.2, 0.25) is 5.91 Å². The number of amides is 1. The molecule has 0 bridgehead atoms. The molecule has 1 aliphatic rings. The van der Waals surface area contributed by atoms with Gasteiger partial charge < -0.3 is 5.32 Å². The number of thiophene rings is 1. The van der Waals surface area contributed by atoms with Gasteiger partial charge in [0.25, 0.3) is 10.0 Å². The van der Waals surface area contributed by atoms with Crippen molar-refractivity contribution < 1.29 is 17.6 Å². The number of carbonyl (C=O) groups excluding carboxylic acids is 1. The number of carbonyl (C=O) groups is 1. The number of halogens is 1. The molecule has 1 aliphatic heterocycles. The van der Waals surface area contributed by atoms with Gasteiger partial charge in [0.05, 0.1) is 6.42 Å². The molecule has 0 atom stereocenters. The number of rotatable bonds is 5. The van der Waals surface area contributed by atoms with E-state index in [1.807, 2.05) is 0 Å². The first kappa shape index (κ1) is 19.0. The second-order valence-corrected chi connectivity index (χ2v) is 9.70. The van der Waals surface area contributed by atoms with Crippen molar-refractivity contribution in [3.8, 4) is 0 Å². The largest absolute Gasteiger partial charge is 0.325 e. The van der Waals surface area contributed by atoms with Gasteiger partial charge in [0.15, 0.2) is 0 Å². The average Bonchev–Trinajstić information content (AvgIpc) is 3.08. The first-order chi connectivity index (χ1) is 12.4. The second kappa shape index (κ2) is 7.85. The number of hydrogen-bond donors (Lipinski definition) is 1. The molecule has 1 fully saturated rings. The fourth-order valence-corrected chi connectivity index (χ4v) is 5.93. The Labute approximate surface area is 156 Å². The van der Waals surface area contributed by atoms with Crippen LogP contribution in [0.3, 0.4) is 0 Å². The minimum Gasteiger partial charge on any atom is -0.325 e. The van der Waals surface area contributed by atoms with Crippen LogP contribution in [0.2, 0.25) is 0 Å². The summed E-state index contributed by atoms with van der Waals surface area (Å²) in [6, 6.07) is 7.43. The van der Waals surface area contributed by atoms with Gasteiger partial charge in [-0.1, -0.05) is 12.5 Å². The predicted molar refractivity (Wildman–Crippen MR) is 100 cm³/mol. The Morgan fingerprint density at radius 2 is 1.92 bits per heavy atom. The average molecular weight is 397 g/mol. The highest BCUT2D eigenvalue weighted by atomic mass is 32.2. The van der Waals surface area contributed by atoms with E-state index in [0.29, 0.717) is 23.7 Å². The van der Waals surface area contributed by atoms with Crippen molar-refractivity contribution in [3.63, 3.8) is 0 Å². The Hall–Kier alpha value is -1.77. The summed E-state index contributed by atoms with van der Waals surface area (Å²) in [6.07, 6.45) is 2.87. The van der Waals surface area contributed by atoms with Crippen LogP contribution >= 0.6 is 11.3 Å². The van der Waals surface area contributed by atoms with Crippen molar-refractivity contribution in [1.29, 1.82) is 0 Å². The Morgan fingerprint density at radius 3 is 2.65 bits per heavy atom. The molecule has 3 rings (SSSR count). The zero-order valence-electron chi connectivity index (χ0n) is 14.5. The van der Waals surface area contributed by atoms with Crippen LogP contribution in [0.15, 0.2) is 34.5 Å². The van der Waals surface area contributed by atoms with Crippen molar-refractivity contribution in [2.24, 2.45) is 0 Å². The molecular formula is C18H21FN2O3S2. The second-order valence-electron chi connectivity index (χ2n) is 6.37.